The van der Waals surface area contributed by atoms with Crippen molar-refractivity contribution in [2.45, 2.75) is 0 Å². The summed E-state index contributed by atoms with van der Waals surface area (Å²) in [6.07, 6.45) is 0. The Labute approximate surface area is 131 Å². The minimum absolute atomic E-state index is 0.0293. The lowest BCUT2D eigenvalue weighted by molar-refractivity contribution is 0.103. The van der Waals surface area contributed by atoms with Crippen molar-refractivity contribution in [2.75, 3.05) is 0 Å². The van der Waals surface area contributed by atoms with Crippen molar-refractivity contribution in [3.05, 3.63) is 66.4 Å². The van der Waals surface area contributed by atoms with E-state index >= 15 is 0 Å². The molecule has 2 rings (SSSR count). The molecule has 0 saturated carbocycles. The van der Waals surface area contributed by atoms with E-state index in [1.54, 1.807) is 24.3 Å². The van der Waals surface area contributed by atoms with Gasteiger partial charge in [0.05, 0.1) is 10.6 Å². The molecule has 0 N–H and O–H groups in total. The molecule has 0 saturated heterocycles. The molecule has 1 nitrogen and oxygen atoms in total. The van der Waals surface area contributed by atoms with Crippen LogP contribution in [-0.2, 0) is 0 Å². The van der Waals surface area contributed by atoms with E-state index in [0.29, 0.717) is 15.1 Å². The van der Waals surface area contributed by atoms with E-state index in [1.165, 1.54) is 12.1 Å². The average Bonchev–Trinajstić information content (AvgIpc) is 2.35. The van der Waals surface area contributed by atoms with Gasteiger partial charge in [0.25, 0.3) is 0 Å². The number of halogens is 4. The van der Waals surface area contributed by atoms with Crippen LogP contribution in [0, 0.1) is 9.39 Å². The maximum atomic E-state index is 13.6. The molecular weight excluding hydrogens is 433 g/mol. The summed E-state index contributed by atoms with van der Waals surface area (Å²) in [5, 5.41) is 0.483. The van der Waals surface area contributed by atoms with Crippen molar-refractivity contribution in [3.8, 4) is 0 Å². The Balaban J connectivity index is 2.47. The molecule has 0 aliphatic rings. The fraction of sp³-hybridized carbons (Fsp3) is 0. The molecule has 0 unspecified atom stereocenters. The lowest BCUT2D eigenvalue weighted by Crippen LogP contribution is -2.04. The number of carbonyl (C=O) groups is 1. The number of ketones is 1. The molecule has 2 aromatic rings. The second-order valence-electron chi connectivity index (χ2n) is 3.58. The first-order valence-corrected chi connectivity index (χ1v) is 7.19. The zero-order valence-electron chi connectivity index (χ0n) is 8.88. The van der Waals surface area contributed by atoms with Gasteiger partial charge in [-0.05, 0) is 59.0 Å². The summed E-state index contributed by atoms with van der Waals surface area (Å²) >= 11 is 11.2. The van der Waals surface area contributed by atoms with Crippen LogP contribution in [0.4, 0.5) is 4.39 Å². The summed E-state index contributed by atoms with van der Waals surface area (Å²) in [7, 11) is 0. The quantitative estimate of drug-likeness (QED) is 0.471. The van der Waals surface area contributed by atoms with E-state index in [1.807, 2.05) is 0 Å². The highest BCUT2D eigenvalue weighted by Gasteiger charge is 2.15. The highest BCUT2D eigenvalue weighted by atomic mass is 127. The van der Waals surface area contributed by atoms with E-state index in [0.717, 1.165) is 3.57 Å². The Bertz CT molecular complexity index is 630. The van der Waals surface area contributed by atoms with E-state index in [4.69, 9.17) is 11.6 Å². The maximum absolute atomic E-state index is 13.6. The SMILES string of the molecule is O=C(c1ccc(I)c(Cl)c1)c1cc(Br)ccc1F. The zero-order chi connectivity index (χ0) is 13.3. The van der Waals surface area contributed by atoms with E-state index in [-0.39, 0.29) is 11.3 Å². The van der Waals surface area contributed by atoms with Crippen LogP contribution in [0.5, 0.6) is 0 Å². The fourth-order valence-corrected chi connectivity index (χ4v) is 2.34. The van der Waals surface area contributed by atoms with Crippen molar-refractivity contribution in [1.82, 2.24) is 0 Å². The minimum atomic E-state index is -0.544. The minimum Gasteiger partial charge on any atom is -0.288 e. The van der Waals surface area contributed by atoms with Gasteiger partial charge >= 0.3 is 0 Å². The molecule has 0 radical (unpaired) electrons. The van der Waals surface area contributed by atoms with Crippen LogP contribution < -0.4 is 0 Å². The highest BCUT2D eigenvalue weighted by Crippen LogP contribution is 2.23. The number of benzene rings is 2. The van der Waals surface area contributed by atoms with Crippen LogP contribution in [-0.4, -0.2) is 5.78 Å². The lowest BCUT2D eigenvalue weighted by Gasteiger charge is -2.05. The van der Waals surface area contributed by atoms with Crippen LogP contribution in [0.2, 0.25) is 5.02 Å². The van der Waals surface area contributed by atoms with Crippen LogP contribution in [0.3, 0.4) is 0 Å². The van der Waals surface area contributed by atoms with Gasteiger partial charge in [-0.1, -0.05) is 27.5 Å². The number of carbonyl (C=O) groups excluding carboxylic acids is 1. The molecule has 0 fully saturated rings. The van der Waals surface area contributed by atoms with Gasteiger partial charge in [0.15, 0.2) is 5.78 Å². The molecule has 0 aliphatic heterocycles. The van der Waals surface area contributed by atoms with Crippen LogP contribution >= 0.6 is 50.1 Å². The number of hydrogen-bond donors (Lipinski definition) is 0. The lowest BCUT2D eigenvalue weighted by atomic mass is 10.0. The van der Waals surface area contributed by atoms with Crippen molar-refractivity contribution >= 4 is 55.9 Å². The first kappa shape index (κ1) is 14.0. The van der Waals surface area contributed by atoms with Crippen molar-refractivity contribution in [1.29, 1.82) is 0 Å². The largest absolute Gasteiger partial charge is 0.288 e. The van der Waals surface area contributed by atoms with Gasteiger partial charge in [0, 0.05) is 13.6 Å². The zero-order valence-corrected chi connectivity index (χ0v) is 13.4. The third-order valence-corrected chi connectivity index (χ3v) is 4.42. The Kier molecular flexibility index (Phi) is 4.40. The molecule has 0 amide bonds. The van der Waals surface area contributed by atoms with Gasteiger partial charge in [0.1, 0.15) is 5.82 Å². The predicted octanol–water partition coefficient (Wildman–Crippen LogP) is 5.08. The molecule has 18 heavy (non-hydrogen) atoms. The number of rotatable bonds is 2. The standard InChI is InChI=1S/C13H6BrClFIO/c14-8-2-3-11(16)9(6-8)13(18)7-1-4-12(17)10(15)5-7/h1-6H. The van der Waals surface area contributed by atoms with Gasteiger partial charge < -0.3 is 0 Å². The average molecular weight is 439 g/mol. The summed E-state index contributed by atoms with van der Waals surface area (Å²) in [6, 6.07) is 9.18. The Hall–Kier alpha value is -0.460. The maximum Gasteiger partial charge on any atom is 0.196 e. The summed E-state index contributed by atoms with van der Waals surface area (Å²) in [6.45, 7) is 0. The summed E-state index contributed by atoms with van der Waals surface area (Å²) in [5.41, 5.74) is 0.402. The van der Waals surface area contributed by atoms with Gasteiger partial charge in [-0.25, -0.2) is 4.39 Å². The molecule has 0 heterocycles. The second kappa shape index (κ2) is 5.67. The van der Waals surface area contributed by atoms with Crippen LogP contribution in [0.15, 0.2) is 40.9 Å². The summed E-state index contributed by atoms with van der Waals surface area (Å²) in [4.78, 5) is 12.2. The molecule has 0 bridgehead atoms. The molecule has 2 aromatic carbocycles. The Morgan fingerprint density at radius 2 is 1.94 bits per heavy atom. The highest BCUT2D eigenvalue weighted by molar-refractivity contribution is 14.1. The van der Waals surface area contributed by atoms with Crippen molar-refractivity contribution < 1.29 is 9.18 Å². The van der Waals surface area contributed by atoms with E-state index < -0.39 is 5.82 Å². The third kappa shape index (κ3) is 2.92. The first-order chi connectivity index (χ1) is 8.49. The third-order valence-electron chi connectivity index (χ3n) is 2.35. The smallest absolute Gasteiger partial charge is 0.196 e. The topological polar surface area (TPSA) is 17.1 Å². The molecular formula is C13H6BrClFIO. The predicted molar refractivity (Wildman–Crippen MR) is 81.7 cm³/mol. The summed E-state index contributed by atoms with van der Waals surface area (Å²) in [5.74, 6) is -0.926. The van der Waals surface area contributed by atoms with Gasteiger partial charge in [-0.3, -0.25) is 4.79 Å². The van der Waals surface area contributed by atoms with Crippen LogP contribution in [0.25, 0.3) is 0 Å². The molecule has 0 spiro atoms. The Morgan fingerprint density at radius 3 is 2.61 bits per heavy atom. The normalized spacial score (nSPS) is 10.4. The van der Waals surface area contributed by atoms with E-state index in [2.05, 4.69) is 38.5 Å². The molecule has 5 heteroatoms. The second-order valence-corrected chi connectivity index (χ2v) is 6.07. The molecule has 92 valence electrons. The fourth-order valence-electron chi connectivity index (χ4n) is 1.46. The molecule has 0 aromatic heterocycles. The Morgan fingerprint density at radius 1 is 1.22 bits per heavy atom. The monoisotopic (exact) mass is 438 g/mol. The van der Waals surface area contributed by atoms with Gasteiger partial charge in [-0.15, -0.1) is 0 Å². The van der Waals surface area contributed by atoms with E-state index in [9.17, 15) is 9.18 Å². The summed E-state index contributed by atoms with van der Waals surface area (Å²) < 4.78 is 15.1. The molecule has 0 atom stereocenters. The van der Waals surface area contributed by atoms with Crippen molar-refractivity contribution in [2.24, 2.45) is 0 Å². The van der Waals surface area contributed by atoms with Gasteiger partial charge in [0.2, 0.25) is 0 Å². The van der Waals surface area contributed by atoms with Crippen molar-refractivity contribution in [3.63, 3.8) is 0 Å². The van der Waals surface area contributed by atoms with Gasteiger partial charge in [-0.2, -0.15) is 0 Å². The number of hydrogen-bond acceptors (Lipinski definition) is 1. The molecule has 0 aliphatic carbocycles. The van der Waals surface area contributed by atoms with Crippen LogP contribution in [0.1, 0.15) is 15.9 Å². The first-order valence-electron chi connectivity index (χ1n) is 4.94.